The van der Waals surface area contributed by atoms with Crippen molar-refractivity contribution in [2.24, 2.45) is 5.73 Å². The first-order valence-electron chi connectivity index (χ1n) is 5.81. The van der Waals surface area contributed by atoms with Crippen LogP contribution >= 0.6 is 0 Å². The van der Waals surface area contributed by atoms with E-state index in [-0.39, 0.29) is 5.75 Å². The zero-order chi connectivity index (χ0) is 14.3. The lowest BCUT2D eigenvalue weighted by Gasteiger charge is -2.21. The smallest absolute Gasteiger partial charge is 0.323 e. The van der Waals surface area contributed by atoms with Gasteiger partial charge in [-0.25, -0.2) is 4.79 Å². The van der Waals surface area contributed by atoms with Crippen LogP contribution in [0.4, 0.5) is 10.5 Å². The van der Waals surface area contributed by atoms with E-state index in [0.717, 1.165) is 4.90 Å². The van der Waals surface area contributed by atoms with Crippen LogP contribution in [0.2, 0.25) is 0 Å². The number of benzene rings is 1. The van der Waals surface area contributed by atoms with Crippen molar-refractivity contribution in [2.45, 2.75) is 6.42 Å². The minimum absolute atomic E-state index is 0.0440. The van der Waals surface area contributed by atoms with E-state index in [4.69, 9.17) is 10.8 Å². The molecule has 0 bridgehead atoms. The molecule has 0 fully saturated rings. The molecule has 19 heavy (non-hydrogen) atoms. The summed E-state index contributed by atoms with van der Waals surface area (Å²) in [5.74, 6) is -1.08. The highest BCUT2D eigenvalue weighted by molar-refractivity contribution is 5.96. The van der Waals surface area contributed by atoms with Crippen molar-refractivity contribution in [2.75, 3.05) is 24.5 Å². The van der Waals surface area contributed by atoms with E-state index in [1.54, 1.807) is 0 Å². The summed E-state index contributed by atoms with van der Waals surface area (Å²) >= 11 is 0. The van der Waals surface area contributed by atoms with E-state index in [1.807, 2.05) is 0 Å². The maximum absolute atomic E-state index is 11.9. The SMILES string of the molecule is NCCCNC(=O)N(CC(=O)O)c1ccc(O)cc1. The molecular formula is C12H17N3O4. The Balaban J connectivity index is 2.79. The monoisotopic (exact) mass is 267 g/mol. The van der Waals surface area contributed by atoms with Crippen LogP contribution in [0.15, 0.2) is 24.3 Å². The molecule has 0 aliphatic heterocycles. The Labute approximate surface area is 110 Å². The van der Waals surface area contributed by atoms with Crippen LogP contribution < -0.4 is 16.0 Å². The van der Waals surface area contributed by atoms with Crippen LogP contribution in [0, 0.1) is 0 Å². The molecule has 5 N–H and O–H groups in total. The predicted molar refractivity (Wildman–Crippen MR) is 70.2 cm³/mol. The highest BCUT2D eigenvalue weighted by Gasteiger charge is 2.18. The quantitative estimate of drug-likeness (QED) is 0.555. The zero-order valence-corrected chi connectivity index (χ0v) is 10.4. The Morgan fingerprint density at radius 1 is 1.26 bits per heavy atom. The first-order chi connectivity index (χ1) is 9.04. The van der Waals surface area contributed by atoms with E-state index in [1.165, 1.54) is 24.3 Å². The van der Waals surface area contributed by atoms with Gasteiger partial charge in [-0.05, 0) is 37.2 Å². The van der Waals surface area contributed by atoms with Crippen molar-refractivity contribution >= 4 is 17.7 Å². The summed E-state index contributed by atoms with van der Waals surface area (Å²) in [7, 11) is 0. The van der Waals surface area contributed by atoms with Gasteiger partial charge in [-0.3, -0.25) is 9.69 Å². The van der Waals surface area contributed by atoms with Crippen LogP contribution in [0.5, 0.6) is 5.75 Å². The molecule has 0 unspecified atom stereocenters. The van der Waals surface area contributed by atoms with Gasteiger partial charge in [0.15, 0.2) is 0 Å². The molecule has 2 amide bonds. The van der Waals surface area contributed by atoms with Crippen LogP contribution in [0.3, 0.4) is 0 Å². The molecule has 0 saturated heterocycles. The number of hydrogen-bond acceptors (Lipinski definition) is 4. The number of phenolic OH excluding ortho intramolecular Hbond substituents is 1. The number of carboxylic acid groups (broad SMARTS) is 1. The van der Waals surface area contributed by atoms with Crippen LogP contribution in [-0.2, 0) is 4.79 Å². The third-order valence-corrected chi connectivity index (χ3v) is 2.36. The molecule has 0 aromatic heterocycles. The standard InChI is InChI=1S/C12H17N3O4/c13-6-1-7-14-12(19)15(8-11(17)18)9-2-4-10(16)5-3-9/h2-5,16H,1,6-8,13H2,(H,14,19)(H,17,18). The minimum atomic E-state index is -1.12. The molecule has 1 rings (SSSR count). The highest BCUT2D eigenvalue weighted by Crippen LogP contribution is 2.18. The number of anilines is 1. The second-order valence-electron chi connectivity index (χ2n) is 3.87. The number of nitrogens with zero attached hydrogens (tertiary/aromatic N) is 1. The van der Waals surface area contributed by atoms with Crippen molar-refractivity contribution in [3.63, 3.8) is 0 Å². The van der Waals surface area contributed by atoms with Crippen LogP contribution in [0.25, 0.3) is 0 Å². The molecule has 0 aliphatic carbocycles. The van der Waals surface area contributed by atoms with Gasteiger partial charge in [-0.1, -0.05) is 0 Å². The maximum atomic E-state index is 11.9. The number of carboxylic acids is 1. The van der Waals surface area contributed by atoms with Gasteiger partial charge < -0.3 is 21.3 Å². The number of rotatable bonds is 6. The molecule has 0 saturated carbocycles. The highest BCUT2D eigenvalue weighted by atomic mass is 16.4. The number of urea groups is 1. The summed E-state index contributed by atoms with van der Waals surface area (Å²) < 4.78 is 0. The second-order valence-corrected chi connectivity index (χ2v) is 3.87. The van der Waals surface area contributed by atoms with Crippen molar-refractivity contribution in [1.82, 2.24) is 5.32 Å². The topological polar surface area (TPSA) is 116 Å². The molecule has 1 aromatic carbocycles. The lowest BCUT2D eigenvalue weighted by Crippen LogP contribution is -2.43. The Morgan fingerprint density at radius 3 is 2.42 bits per heavy atom. The van der Waals surface area contributed by atoms with Crippen molar-refractivity contribution in [3.05, 3.63) is 24.3 Å². The van der Waals surface area contributed by atoms with E-state index in [0.29, 0.717) is 25.2 Å². The number of amides is 2. The summed E-state index contributed by atoms with van der Waals surface area (Å²) in [6.45, 7) is 0.362. The van der Waals surface area contributed by atoms with Gasteiger partial charge >= 0.3 is 12.0 Å². The van der Waals surface area contributed by atoms with Gasteiger partial charge in [0.25, 0.3) is 0 Å². The summed E-state index contributed by atoms with van der Waals surface area (Å²) in [4.78, 5) is 23.8. The van der Waals surface area contributed by atoms with Crippen molar-refractivity contribution in [3.8, 4) is 5.75 Å². The van der Waals surface area contributed by atoms with E-state index >= 15 is 0 Å². The number of hydrogen-bond donors (Lipinski definition) is 4. The summed E-state index contributed by atoms with van der Waals surface area (Å²) in [5, 5.41) is 20.6. The first kappa shape index (κ1) is 14.8. The van der Waals surface area contributed by atoms with Gasteiger partial charge in [-0.15, -0.1) is 0 Å². The predicted octanol–water partition coefficient (Wildman–Crippen LogP) is 0.342. The average molecular weight is 267 g/mol. The van der Waals surface area contributed by atoms with Crippen molar-refractivity contribution < 1.29 is 19.8 Å². The molecular weight excluding hydrogens is 250 g/mol. The number of nitrogens with one attached hydrogen (secondary N) is 1. The first-order valence-corrected chi connectivity index (χ1v) is 5.81. The number of aromatic hydroxyl groups is 1. The van der Waals surface area contributed by atoms with Gasteiger partial charge in [-0.2, -0.15) is 0 Å². The van der Waals surface area contributed by atoms with E-state index in [9.17, 15) is 14.7 Å². The fourth-order valence-electron chi connectivity index (χ4n) is 1.44. The van der Waals surface area contributed by atoms with Gasteiger partial charge in [0.05, 0.1) is 0 Å². The minimum Gasteiger partial charge on any atom is -0.508 e. The molecule has 1 aromatic rings. The largest absolute Gasteiger partial charge is 0.508 e. The second kappa shape index (κ2) is 7.22. The third kappa shape index (κ3) is 4.84. The fraction of sp³-hybridized carbons (Fsp3) is 0.333. The lowest BCUT2D eigenvalue weighted by atomic mass is 10.2. The van der Waals surface area contributed by atoms with Crippen molar-refractivity contribution in [1.29, 1.82) is 0 Å². The Morgan fingerprint density at radius 2 is 1.89 bits per heavy atom. The zero-order valence-electron chi connectivity index (χ0n) is 10.4. The average Bonchev–Trinajstić information content (AvgIpc) is 2.37. The molecule has 7 nitrogen and oxygen atoms in total. The van der Waals surface area contributed by atoms with Crippen LogP contribution in [0.1, 0.15) is 6.42 Å². The summed E-state index contributed by atoms with van der Waals surface area (Å²) in [6, 6.07) is 5.21. The van der Waals surface area contributed by atoms with Gasteiger partial charge in [0.1, 0.15) is 12.3 Å². The summed E-state index contributed by atoms with van der Waals surface area (Å²) in [5.41, 5.74) is 5.71. The Kier molecular flexibility index (Phi) is 5.62. The molecule has 0 spiro atoms. The third-order valence-electron chi connectivity index (χ3n) is 2.36. The maximum Gasteiger partial charge on any atom is 0.323 e. The number of phenols is 1. The molecule has 0 heterocycles. The van der Waals surface area contributed by atoms with E-state index in [2.05, 4.69) is 5.32 Å². The molecule has 104 valence electrons. The van der Waals surface area contributed by atoms with Gasteiger partial charge in [0.2, 0.25) is 0 Å². The number of nitrogens with two attached hydrogens (primary N) is 1. The number of carbonyl (C=O) groups excluding carboxylic acids is 1. The molecule has 0 radical (unpaired) electrons. The van der Waals surface area contributed by atoms with Crippen LogP contribution in [-0.4, -0.2) is 41.8 Å². The fourth-order valence-corrected chi connectivity index (χ4v) is 1.44. The lowest BCUT2D eigenvalue weighted by molar-refractivity contribution is -0.135. The van der Waals surface area contributed by atoms with Gasteiger partial charge in [0, 0.05) is 12.2 Å². The number of aliphatic carboxylic acids is 1. The van der Waals surface area contributed by atoms with E-state index < -0.39 is 18.5 Å². The molecule has 0 atom stereocenters. The Bertz CT molecular complexity index is 433. The molecule has 7 heteroatoms. The normalized spacial score (nSPS) is 9.95. The summed E-state index contributed by atoms with van der Waals surface area (Å²) in [6.07, 6.45) is 0.613. The Hall–Kier alpha value is -2.28. The number of carbonyl (C=O) groups is 2. The molecule has 0 aliphatic rings.